The number of rotatable bonds is 10. The molecule has 0 fully saturated rings. The standard InChI is InChI=1S/C14H19NO6S/c1-20-13(11(16)6-2-3-7-21-14(18)19)15-12(17)9-10-5-4-8-22-10/h4-5,8,13H,2-3,6-7,9H2,1H3,(H,15,17)(H,18,19). The van der Waals surface area contributed by atoms with Crippen LogP contribution in [0.5, 0.6) is 0 Å². The summed E-state index contributed by atoms with van der Waals surface area (Å²) in [5, 5.41) is 12.7. The molecular formula is C14H19NO6S. The number of hydrogen-bond acceptors (Lipinski definition) is 6. The third-order valence-electron chi connectivity index (χ3n) is 2.78. The Kier molecular flexibility index (Phi) is 8.16. The van der Waals surface area contributed by atoms with Gasteiger partial charge in [0.05, 0.1) is 13.0 Å². The minimum absolute atomic E-state index is 0.0466. The summed E-state index contributed by atoms with van der Waals surface area (Å²) in [6, 6.07) is 3.70. The van der Waals surface area contributed by atoms with Gasteiger partial charge in [-0.25, -0.2) is 4.79 Å². The lowest BCUT2D eigenvalue weighted by molar-refractivity contribution is -0.137. The van der Waals surface area contributed by atoms with E-state index in [1.54, 1.807) is 0 Å². The molecule has 22 heavy (non-hydrogen) atoms. The van der Waals surface area contributed by atoms with Crippen molar-refractivity contribution in [1.29, 1.82) is 0 Å². The Hall–Kier alpha value is -1.93. The average molecular weight is 329 g/mol. The fourth-order valence-corrected chi connectivity index (χ4v) is 2.43. The Morgan fingerprint density at radius 3 is 2.73 bits per heavy atom. The number of amides is 1. The molecule has 2 N–H and O–H groups in total. The van der Waals surface area contributed by atoms with Gasteiger partial charge in [-0.05, 0) is 24.3 Å². The Labute approximate surface area is 132 Å². The zero-order chi connectivity index (χ0) is 16.4. The van der Waals surface area contributed by atoms with E-state index >= 15 is 0 Å². The van der Waals surface area contributed by atoms with Crippen molar-refractivity contribution in [2.45, 2.75) is 31.9 Å². The second kappa shape index (κ2) is 9.91. The lowest BCUT2D eigenvalue weighted by atomic mass is 10.1. The molecule has 1 rings (SSSR count). The van der Waals surface area contributed by atoms with E-state index in [-0.39, 0.29) is 31.1 Å². The number of ketones is 1. The number of Topliss-reactive ketones (excluding diaryl/α,β-unsaturated/α-hetero) is 1. The fraction of sp³-hybridized carbons (Fsp3) is 0.500. The van der Waals surface area contributed by atoms with Crippen molar-refractivity contribution >= 4 is 29.2 Å². The van der Waals surface area contributed by atoms with E-state index in [4.69, 9.17) is 9.84 Å². The number of carbonyl (C=O) groups is 3. The highest BCUT2D eigenvalue weighted by atomic mass is 32.1. The SMILES string of the molecule is COC(NC(=O)Cc1cccs1)C(=O)CCCCOC(=O)O. The molecule has 0 saturated heterocycles. The lowest BCUT2D eigenvalue weighted by Crippen LogP contribution is -2.42. The van der Waals surface area contributed by atoms with Gasteiger partial charge in [0.25, 0.3) is 0 Å². The predicted molar refractivity (Wildman–Crippen MR) is 79.8 cm³/mol. The van der Waals surface area contributed by atoms with Crippen molar-refractivity contribution in [3.05, 3.63) is 22.4 Å². The zero-order valence-electron chi connectivity index (χ0n) is 12.2. The van der Waals surface area contributed by atoms with Gasteiger partial charge in [0.2, 0.25) is 5.91 Å². The Morgan fingerprint density at radius 2 is 2.14 bits per heavy atom. The molecule has 0 bridgehead atoms. The summed E-state index contributed by atoms with van der Waals surface area (Å²) in [5.74, 6) is -0.533. The molecule has 1 heterocycles. The van der Waals surface area contributed by atoms with Crippen LogP contribution >= 0.6 is 11.3 Å². The quantitative estimate of drug-likeness (QED) is 0.386. The van der Waals surface area contributed by atoms with E-state index < -0.39 is 12.4 Å². The van der Waals surface area contributed by atoms with Gasteiger partial charge in [0.1, 0.15) is 0 Å². The number of carboxylic acid groups (broad SMARTS) is 1. The summed E-state index contributed by atoms with van der Waals surface area (Å²) < 4.78 is 9.33. The highest BCUT2D eigenvalue weighted by Gasteiger charge is 2.19. The molecule has 1 unspecified atom stereocenters. The smallest absolute Gasteiger partial charge is 0.450 e. The maximum absolute atomic E-state index is 11.9. The van der Waals surface area contributed by atoms with E-state index in [1.807, 2.05) is 17.5 Å². The molecule has 122 valence electrons. The van der Waals surface area contributed by atoms with Crippen LogP contribution in [-0.2, 0) is 25.5 Å². The minimum atomic E-state index is -1.33. The zero-order valence-corrected chi connectivity index (χ0v) is 13.1. The van der Waals surface area contributed by atoms with Crippen LogP contribution in [-0.4, -0.2) is 42.9 Å². The van der Waals surface area contributed by atoms with Crippen LogP contribution in [0.3, 0.4) is 0 Å². The van der Waals surface area contributed by atoms with Crippen LogP contribution in [0.15, 0.2) is 17.5 Å². The summed E-state index contributed by atoms with van der Waals surface area (Å²) >= 11 is 1.47. The number of hydrogen-bond donors (Lipinski definition) is 2. The minimum Gasteiger partial charge on any atom is -0.450 e. The maximum Gasteiger partial charge on any atom is 0.505 e. The summed E-state index contributed by atoms with van der Waals surface area (Å²) in [6.07, 6.45) is -1.02. The maximum atomic E-state index is 11.9. The summed E-state index contributed by atoms with van der Waals surface area (Å²) in [7, 11) is 1.35. The van der Waals surface area contributed by atoms with Crippen molar-refractivity contribution in [2.75, 3.05) is 13.7 Å². The molecule has 1 aromatic rings. The van der Waals surface area contributed by atoms with Crippen LogP contribution < -0.4 is 5.32 Å². The second-order valence-corrected chi connectivity index (χ2v) is 5.51. The first-order valence-electron chi connectivity index (χ1n) is 6.76. The average Bonchev–Trinajstić information content (AvgIpc) is 2.96. The molecule has 7 nitrogen and oxygen atoms in total. The topological polar surface area (TPSA) is 102 Å². The molecule has 8 heteroatoms. The van der Waals surface area contributed by atoms with E-state index in [1.165, 1.54) is 18.4 Å². The Morgan fingerprint density at radius 1 is 1.36 bits per heavy atom. The molecular weight excluding hydrogens is 310 g/mol. The number of unbranched alkanes of at least 4 members (excludes halogenated alkanes) is 1. The normalized spacial score (nSPS) is 11.7. The number of nitrogens with one attached hydrogen (secondary N) is 1. The van der Waals surface area contributed by atoms with Crippen LogP contribution in [0.4, 0.5) is 4.79 Å². The first kappa shape index (κ1) is 18.1. The summed E-state index contributed by atoms with van der Waals surface area (Å²) in [6.45, 7) is 0.0466. The van der Waals surface area contributed by atoms with Crippen molar-refractivity contribution < 1.29 is 29.0 Å². The van der Waals surface area contributed by atoms with E-state index in [9.17, 15) is 14.4 Å². The van der Waals surface area contributed by atoms with Crippen molar-refractivity contribution in [3.8, 4) is 0 Å². The van der Waals surface area contributed by atoms with E-state index in [0.717, 1.165) is 4.88 Å². The van der Waals surface area contributed by atoms with Gasteiger partial charge in [0.15, 0.2) is 12.0 Å². The molecule has 0 spiro atoms. The fourth-order valence-electron chi connectivity index (χ4n) is 1.73. The molecule has 0 saturated carbocycles. The predicted octanol–water partition coefficient (Wildman–Crippen LogP) is 1.81. The molecule has 0 aromatic carbocycles. The van der Waals surface area contributed by atoms with E-state index in [0.29, 0.717) is 12.8 Å². The molecule has 0 aliphatic heterocycles. The largest absolute Gasteiger partial charge is 0.505 e. The third kappa shape index (κ3) is 7.19. The van der Waals surface area contributed by atoms with Gasteiger partial charge >= 0.3 is 6.16 Å². The number of methoxy groups -OCH3 is 1. The Balaban J connectivity index is 2.28. The molecule has 0 aliphatic carbocycles. The highest BCUT2D eigenvalue weighted by Crippen LogP contribution is 2.09. The summed E-state index contributed by atoms with van der Waals surface area (Å²) in [4.78, 5) is 34.8. The second-order valence-electron chi connectivity index (χ2n) is 4.48. The van der Waals surface area contributed by atoms with Gasteiger partial charge in [-0.3, -0.25) is 9.59 Å². The van der Waals surface area contributed by atoms with Crippen LogP contribution in [0, 0.1) is 0 Å². The van der Waals surface area contributed by atoms with Gasteiger partial charge in [-0.15, -0.1) is 11.3 Å². The Bertz CT molecular complexity index is 488. The monoisotopic (exact) mass is 329 g/mol. The highest BCUT2D eigenvalue weighted by molar-refractivity contribution is 7.10. The molecule has 1 aromatic heterocycles. The molecule has 1 amide bonds. The van der Waals surface area contributed by atoms with Crippen LogP contribution in [0.2, 0.25) is 0 Å². The number of ether oxygens (including phenoxy) is 2. The van der Waals surface area contributed by atoms with Gasteiger partial charge in [0, 0.05) is 18.4 Å². The first-order chi connectivity index (χ1) is 10.5. The lowest BCUT2D eigenvalue weighted by Gasteiger charge is -2.15. The van der Waals surface area contributed by atoms with Gasteiger partial charge in [-0.2, -0.15) is 0 Å². The van der Waals surface area contributed by atoms with Crippen LogP contribution in [0.25, 0.3) is 0 Å². The van der Waals surface area contributed by atoms with E-state index in [2.05, 4.69) is 10.1 Å². The summed E-state index contributed by atoms with van der Waals surface area (Å²) in [5.41, 5.74) is 0. The number of thiophene rings is 1. The molecule has 0 aliphatic rings. The van der Waals surface area contributed by atoms with Crippen molar-refractivity contribution in [2.24, 2.45) is 0 Å². The van der Waals surface area contributed by atoms with Crippen molar-refractivity contribution in [3.63, 3.8) is 0 Å². The third-order valence-corrected chi connectivity index (χ3v) is 3.65. The van der Waals surface area contributed by atoms with Crippen molar-refractivity contribution in [1.82, 2.24) is 5.32 Å². The molecule has 0 radical (unpaired) electrons. The first-order valence-corrected chi connectivity index (χ1v) is 7.64. The van der Waals surface area contributed by atoms with Gasteiger partial charge in [-0.1, -0.05) is 6.07 Å². The van der Waals surface area contributed by atoms with Crippen LogP contribution in [0.1, 0.15) is 24.1 Å². The number of carbonyl (C=O) groups excluding carboxylic acids is 2. The van der Waals surface area contributed by atoms with Gasteiger partial charge < -0.3 is 19.9 Å². The molecule has 1 atom stereocenters.